The minimum atomic E-state index is -0.966. The van der Waals surface area contributed by atoms with E-state index < -0.39 is 5.97 Å². The number of halogens is 1. The molecule has 3 rings (SSSR count). The number of nitrogens with one attached hydrogen (secondary N) is 1. The number of hydrogen-bond donors (Lipinski definition) is 2. The summed E-state index contributed by atoms with van der Waals surface area (Å²) in [6, 6.07) is 13.6. The molecule has 2 aromatic carbocycles. The van der Waals surface area contributed by atoms with Crippen molar-refractivity contribution in [3.8, 4) is 0 Å². The Morgan fingerprint density at radius 3 is 2.41 bits per heavy atom. The standard InChI is InChI=1S/C25H33FN4O2/c1-18(2)15-19(3)29-11-13-30(14-12-29)25(27-17-20-7-9-22(26)10-8-20)28-23-6-4-5-21(16-23)24(31)32/h4-10,16,18-19H,11-15,17H2,1-3H3,(H,27,28)(H,31,32). The van der Waals surface area contributed by atoms with E-state index in [1.807, 2.05) is 6.07 Å². The summed E-state index contributed by atoms with van der Waals surface area (Å²) >= 11 is 0. The number of carboxylic acid groups (broad SMARTS) is 1. The molecule has 0 saturated carbocycles. The molecule has 7 heteroatoms. The first kappa shape index (κ1) is 23.7. The number of anilines is 1. The van der Waals surface area contributed by atoms with Crippen molar-refractivity contribution < 1.29 is 14.3 Å². The second-order valence-electron chi connectivity index (χ2n) is 8.78. The molecule has 0 spiro atoms. The number of aromatic carboxylic acids is 1. The van der Waals surface area contributed by atoms with E-state index in [-0.39, 0.29) is 11.4 Å². The van der Waals surface area contributed by atoms with Crippen LogP contribution >= 0.6 is 0 Å². The highest BCUT2D eigenvalue weighted by Gasteiger charge is 2.23. The molecule has 2 N–H and O–H groups in total. The van der Waals surface area contributed by atoms with E-state index in [2.05, 4.69) is 35.9 Å². The molecule has 1 atom stereocenters. The molecule has 0 amide bonds. The number of guanidine groups is 1. The van der Waals surface area contributed by atoms with Crippen LogP contribution in [0, 0.1) is 11.7 Å². The van der Waals surface area contributed by atoms with Crippen LogP contribution < -0.4 is 5.32 Å². The van der Waals surface area contributed by atoms with Crippen molar-refractivity contribution in [1.29, 1.82) is 0 Å². The molecule has 1 saturated heterocycles. The molecule has 0 aromatic heterocycles. The molecular formula is C25H33FN4O2. The molecular weight excluding hydrogens is 407 g/mol. The van der Waals surface area contributed by atoms with Gasteiger partial charge < -0.3 is 15.3 Å². The first-order valence-electron chi connectivity index (χ1n) is 11.2. The molecule has 32 heavy (non-hydrogen) atoms. The Kier molecular flexibility index (Phi) is 8.22. The summed E-state index contributed by atoms with van der Waals surface area (Å²) in [5, 5.41) is 12.6. The number of hydrogen-bond acceptors (Lipinski definition) is 3. The highest BCUT2D eigenvalue weighted by atomic mass is 19.1. The lowest BCUT2D eigenvalue weighted by Crippen LogP contribution is -2.53. The van der Waals surface area contributed by atoms with Gasteiger partial charge in [0.2, 0.25) is 0 Å². The topological polar surface area (TPSA) is 68.2 Å². The van der Waals surface area contributed by atoms with Gasteiger partial charge in [0.1, 0.15) is 5.82 Å². The van der Waals surface area contributed by atoms with Crippen LogP contribution in [0.1, 0.15) is 43.1 Å². The Morgan fingerprint density at radius 2 is 1.78 bits per heavy atom. The maximum atomic E-state index is 13.2. The van der Waals surface area contributed by atoms with Gasteiger partial charge in [-0.3, -0.25) is 4.90 Å². The molecule has 6 nitrogen and oxygen atoms in total. The molecule has 172 valence electrons. The van der Waals surface area contributed by atoms with Crippen LogP contribution in [0.2, 0.25) is 0 Å². The molecule has 1 aliphatic heterocycles. The largest absolute Gasteiger partial charge is 0.478 e. The molecule has 0 aliphatic carbocycles. The number of aliphatic imine (C=N–C) groups is 1. The lowest BCUT2D eigenvalue weighted by molar-refractivity contribution is 0.0697. The Hall–Kier alpha value is -2.93. The van der Waals surface area contributed by atoms with Gasteiger partial charge in [-0.1, -0.05) is 32.0 Å². The molecule has 1 aliphatic rings. The van der Waals surface area contributed by atoms with Crippen LogP contribution in [0.15, 0.2) is 53.5 Å². The highest BCUT2D eigenvalue weighted by molar-refractivity contribution is 5.95. The van der Waals surface area contributed by atoms with Crippen LogP contribution in [0.3, 0.4) is 0 Å². The summed E-state index contributed by atoms with van der Waals surface area (Å²) in [6.45, 7) is 10.7. The van der Waals surface area contributed by atoms with E-state index in [9.17, 15) is 14.3 Å². The van der Waals surface area contributed by atoms with Crippen molar-refractivity contribution in [3.05, 3.63) is 65.5 Å². The zero-order chi connectivity index (χ0) is 23.1. The summed E-state index contributed by atoms with van der Waals surface area (Å²) in [6.07, 6.45) is 1.17. The quantitative estimate of drug-likeness (QED) is 0.489. The van der Waals surface area contributed by atoms with Crippen LogP contribution in [0.5, 0.6) is 0 Å². The average molecular weight is 441 g/mol. The Morgan fingerprint density at radius 1 is 1.09 bits per heavy atom. The Labute approximate surface area is 189 Å². The van der Waals surface area contributed by atoms with E-state index >= 15 is 0 Å². The van der Waals surface area contributed by atoms with Crippen LogP contribution in [-0.4, -0.2) is 59.1 Å². The second-order valence-corrected chi connectivity index (χ2v) is 8.78. The zero-order valence-electron chi connectivity index (χ0n) is 19.1. The molecule has 1 unspecified atom stereocenters. The molecule has 1 heterocycles. The number of benzene rings is 2. The summed E-state index contributed by atoms with van der Waals surface area (Å²) in [7, 11) is 0. The van der Waals surface area contributed by atoms with Gasteiger partial charge in [-0.15, -0.1) is 0 Å². The number of nitrogens with zero attached hydrogens (tertiary/aromatic N) is 3. The third-order valence-electron chi connectivity index (χ3n) is 5.74. The van der Waals surface area contributed by atoms with Gasteiger partial charge in [0.05, 0.1) is 12.1 Å². The monoisotopic (exact) mass is 440 g/mol. The van der Waals surface area contributed by atoms with Crippen LogP contribution in [0.25, 0.3) is 0 Å². The van der Waals surface area contributed by atoms with Gasteiger partial charge >= 0.3 is 5.97 Å². The molecule has 1 fully saturated rings. The van der Waals surface area contributed by atoms with E-state index in [4.69, 9.17) is 4.99 Å². The first-order valence-corrected chi connectivity index (χ1v) is 11.2. The van der Waals surface area contributed by atoms with Gasteiger partial charge in [-0.05, 0) is 55.2 Å². The normalized spacial score (nSPS) is 16.3. The average Bonchev–Trinajstić information content (AvgIpc) is 2.77. The van der Waals surface area contributed by atoms with Crippen molar-refractivity contribution in [1.82, 2.24) is 9.80 Å². The second kappa shape index (κ2) is 11.1. The fourth-order valence-corrected chi connectivity index (χ4v) is 4.04. The fourth-order valence-electron chi connectivity index (χ4n) is 4.04. The highest BCUT2D eigenvalue weighted by Crippen LogP contribution is 2.16. The van der Waals surface area contributed by atoms with Crippen molar-refractivity contribution in [2.24, 2.45) is 10.9 Å². The van der Waals surface area contributed by atoms with Gasteiger partial charge in [-0.25, -0.2) is 14.2 Å². The molecule has 2 aromatic rings. The Balaban J connectivity index is 1.75. The predicted molar refractivity (Wildman–Crippen MR) is 127 cm³/mol. The Bertz CT molecular complexity index is 922. The first-order chi connectivity index (χ1) is 15.3. The van der Waals surface area contributed by atoms with E-state index in [0.29, 0.717) is 30.2 Å². The third-order valence-corrected chi connectivity index (χ3v) is 5.74. The maximum absolute atomic E-state index is 13.2. The number of piperazine rings is 1. The summed E-state index contributed by atoms with van der Waals surface area (Å²) in [5.41, 5.74) is 1.81. The van der Waals surface area contributed by atoms with Gasteiger partial charge in [0.25, 0.3) is 0 Å². The minimum absolute atomic E-state index is 0.222. The predicted octanol–water partition coefficient (Wildman–Crippen LogP) is 4.54. The van der Waals surface area contributed by atoms with Gasteiger partial charge in [0.15, 0.2) is 5.96 Å². The zero-order valence-corrected chi connectivity index (χ0v) is 19.1. The lowest BCUT2D eigenvalue weighted by atomic mass is 10.0. The fraction of sp³-hybridized carbons (Fsp3) is 0.440. The third kappa shape index (κ3) is 6.79. The SMILES string of the molecule is CC(C)CC(C)N1CCN(C(=NCc2ccc(F)cc2)Nc2cccc(C(=O)O)c2)CC1. The minimum Gasteiger partial charge on any atom is -0.478 e. The summed E-state index contributed by atoms with van der Waals surface area (Å²) in [5.74, 6) is 0.131. The molecule has 0 radical (unpaired) electrons. The van der Waals surface area contributed by atoms with Crippen molar-refractivity contribution >= 4 is 17.6 Å². The van der Waals surface area contributed by atoms with Crippen LogP contribution in [0.4, 0.5) is 10.1 Å². The van der Waals surface area contributed by atoms with Gasteiger partial charge in [-0.2, -0.15) is 0 Å². The lowest BCUT2D eigenvalue weighted by Gasteiger charge is -2.40. The van der Waals surface area contributed by atoms with Crippen molar-refractivity contribution in [2.75, 3.05) is 31.5 Å². The molecule has 0 bridgehead atoms. The van der Waals surface area contributed by atoms with Crippen LogP contribution in [-0.2, 0) is 6.54 Å². The van der Waals surface area contributed by atoms with Crippen molar-refractivity contribution in [2.45, 2.75) is 39.8 Å². The van der Waals surface area contributed by atoms with E-state index in [1.54, 1.807) is 30.3 Å². The summed E-state index contributed by atoms with van der Waals surface area (Å²) in [4.78, 5) is 20.8. The van der Waals surface area contributed by atoms with Crippen molar-refractivity contribution in [3.63, 3.8) is 0 Å². The van der Waals surface area contributed by atoms with E-state index in [1.165, 1.54) is 18.6 Å². The number of carbonyl (C=O) groups is 1. The van der Waals surface area contributed by atoms with E-state index in [0.717, 1.165) is 31.7 Å². The maximum Gasteiger partial charge on any atom is 0.335 e. The summed E-state index contributed by atoms with van der Waals surface area (Å²) < 4.78 is 13.2. The smallest absolute Gasteiger partial charge is 0.335 e. The van der Waals surface area contributed by atoms with Gasteiger partial charge in [0, 0.05) is 37.9 Å². The number of rotatable bonds is 7. The number of carboxylic acids is 1.